The summed E-state index contributed by atoms with van der Waals surface area (Å²) in [6, 6.07) is 6.39. The Hall–Kier alpha value is -3.10. The summed E-state index contributed by atoms with van der Waals surface area (Å²) < 4.78 is 0. The molecule has 0 atom stereocenters. The number of rotatable bonds is 2. The number of nitrogens with zero attached hydrogens (tertiary/aromatic N) is 4. The number of carbonyl (C=O) groups excluding carboxylic acids is 4. The first kappa shape index (κ1) is 21.4. The maximum absolute atomic E-state index is 13.5. The van der Waals surface area contributed by atoms with Gasteiger partial charge in [-0.15, -0.1) is 0 Å². The monoisotopic (exact) mass is 460 g/mol. The van der Waals surface area contributed by atoms with Gasteiger partial charge in [-0.25, -0.2) is 0 Å². The normalized spacial score (nSPS) is 22.9. The molecule has 2 aromatic carbocycles. The van der Waals surface area contributed by atoms with Gasteiger partial charge in [-0.2, -0.15) is 0 Å². The maximum Gasteiger partial charge on any atom is 0.261 e. The van der Waals surface area contributed by atoms with E-state index in [4.69, 9.17) is 0 Å². The van der Waals surface area contributed by atoms with Crippen LogP contribution in [0.25, 0.3) is 10.8 Å². The summed E-state index contributed by atoms with van der Waals surface area (Å²) in [4.78, 5) is 61.3. The number of benzene rings is 2. The Balaban J connectivity index is 1.44. The Kier molecular flexibility index (Phi) is 4.86. The lowest BCUT2D eigenvalue weighted by Crippen LogP contribution is -2.52. The van der Waals surface area contributed by atoms with E-state index in [1.165, 1.54) is 9.80 Å². The van der Waals surface area contributed by atoms with Crippen molar-refractivity contribution in [1.82, 2.24) is 19.6 Å². The molecule has 34 heavy (non-hydrogen) atoms. The third-order valence-electron chi connectivity index (χ3n) is 8.06. The second-order valence-electron chi connectivity index (χ2n) is 10.1. The van der Waals surface area contributed by atoms with E-state index in [2.05, 4.69) is 9.80 Å². The summed E-state index contributed by atoms with van der Waals surface area (Å²) in [5, 5.41) is 0.915. The van der Waals surface area contributed by atoms with Gasteiger partial charge >= 0.3 is 0 Å². The van der Waals surface area contributed by atoms with Crippen LogP contribution in [0.15, 0.2) is 24.3 Å². The van der Waals surface area contributed by atoms with Crippen molar-refractivity contribution in [2.75, 3.05) is 40.3 Å². The highest BCUT2D eigenvalue weighted by atomic mass is 16.2. The molecule has 0 spiro atoms. The van der Waals surface area contributed by atoms with Gasteiger partial charge in [0, 0.05) is 45.1 Å². The van der Waals surface area contributed by atoms with Crippen LogP contribution in [0.3, 0.4) is 0 Å². The first-order valence-corrected chi connectivity index (χ1v) is 12.1. The molecule has 0 saturated carbocycles. The lowest BCUT2D eigenvalue weighted by Gasteiger charge is -2.40. The minimum Gasteiger partial charge on any atom is -0.306 e. The molecule has 0 bridgehead atoms. The highest BCUT2D eigenvalue weighted by molar-refractivity contribution is 6.33. The van der Waals surface area contributed by atoms with Crippen molar-refractivity contribution in [3.05, 3.63) is 46.5 Å². The third kappa shape index (κ3) is 2.98. The topological polar surface area (TPSA) is 81.2 Å². The smallest absolute Gasteiger partial charge is 0.261 e. The standard InChI is InChI=1S/C26H28N4O4/c1-27-11-7-15(8-12-27)29-23(31)17-3-5-19-22-20(6-4-18(21(17)22)24(29)32)26(34)30(25(19)33)16-9-13-28(2)14-10-16/h3-6,15-16H,7-14H2,1-2H3. The van der Waals surface area contributed by atoms with Gasteiger partial charge in [0.2, 0.25) is 0 Å². The fourth-order valence-electron chi connectivity index (χ4n) is 6.08. The van der Waals surface area contributed by atoms with Crippen molar-refractivity contribution in [3.8, 4) is 0 Å². The molecular weight excluding hydrogens is 432 g/mol. The predicted octanol–water partition coefficient (Wildman–Crippen LogP) is 2.22. The van der Waals surface area contributed by atoms with Gasteiger partial charge in [0.05, 0.1) is 0 Å². The van der Waals surface area contributed by atoms with E-state index < -0.39 is 0 Å². The van der Waals surface area contributed by atoms with Crippen molar-refractivity contribution in [2.45, 2.75) is 37.8 Å². The van der Waals surface area contributed by atoms with E-state index in [9.17, 15) is 19.2 Å². The van der Waals surface area contributed by atoms with Crippen LogP contribution in [0.5, 0.6) is 0 Å². The molecule has 4 aliphatic heterocycles. The Morgan fingerprint density at radius 1 is 0.529 bits per heavy atom. The van der Waals surface area contributed by atoms with Gasteiger partial charge in [0.1, 0.15) is 0 Å². The third-order valence-corrected chi connectivity index (χ3v) is 8.06. The minimum absolute atomic E-state index is 0.144. The molecule has 4 aliphatic rings. The molecule has 4 heterocycles. The largest absolute Gasteiger partial charge is 0.306 e. The van der Waals surface area contributed by atoms with Gasteiger partial charge in [0.25, 0.3) is 23.6 Å². The summed E-state index contributed by atoms with van der Waals surface area (Å²) in [5.41, 5.74) is 1.62. The number of likely N-dealkylation sites (tertiary alicyclic amines) is 2. The SMILES string of the molecule is CN1CCC(N2C(=O)c3ccc4c5c(ccc(c35)C2=O)C(=O)N(C2CCN(C)CC2)C4=O)CC1. The molecule has 8 nitrogen and oxygen atoms in total. The van der Waals surface area contributed by atoms with Gasteiger partial charge < -0.3 is 9.80 Å². The van der Waals surface area contributed by atoms with Crippen molar-refractivity contribution < 1.29 is 19.2 Å². The van der Waals surface area contributed by atoms with Crippen molar-refractivity contribution >= 4 is 34.4 Å². The molecule has 0 N–H and O–H groups in total. The predicted molar refractivity (Wildman–Crippen MR) is 126 cm³/mol. The molecule has 0 aliphatic carbocycles. The highest BCUT2D eigenvalue weighted by Gasteiger charge is 2.43. The molecular formula is C26H28N4O4. The Morgan fingerprint density at radius 3 is 1.06 bits per heavy atom. The van der Waals surface area contributed by atoms with E-state index >= 15 is 0 Å². The van der Waals surface area contributed by atoms with E-state index in [1.54, 1.807) is 24.3 Å². The average Bonchev–Trinajstić information content (AvgIpc) is 2.83. The lowest BCUT2D eigenvalue weighted by atomic mass is 9.84. The molecule has 2 aromatic rings. The number of piperidine rings is 2. The summed E-state index contributed by atoms with van der Waals surface area (Å²) in [7, 11) is 4.08. The zero-order valence-corrected chi connectivity index (χ0v) is 19.5. The summed E-state index contributed by atoms with van der Waals surface area (Å²) in [5.74, 6) is -1.30. The number of hydrogen-bond donors (Lipinski definition) is 0. The second kappa shape index (κ2) is 7.71. The zero-order valence-electron chi connectivity index (χ0n) is 19.5. The summed E-state index contributed by atoms with van der Waals surface area (Å²) in [6.07, 6.45) is 2.96. The Labute approximate surface area is 198 Å². The van der Waals surface area contributed by atoms with E-state index in [1.807, 2.05) is 14.1 Å². The second-order valence-corrected chi connectivity index (χ2v) is 10.1. The minimum atomic E-state index is -0.326. The molecule has 4 amide bonds. The number of amides is 4. The number of hydrogen-bond acceptors (Lipinski definition) is 6. The Bertz CT molecular complexity index is 1090. The fourth-order valence-corrected chi connectivity index (χ4v) is 6.08. The van der Waals surface area contributed by atoms with E-state index in [-0.39, 0.29) is 35.7 Å². The van der Waals surface area contributed by atoms with Crippen molar-refractivity contribution in [3.63, 3.8) is 0 Å². The van der Waals surface area contributed by atoms with E-state index in [0.29, 0.717) is 33.0 Å². The van der Waals surface area contributed by atoms with Gasteiger partial charge in [-0.1, -0.05) is 0 Å². The van der Waals surface area contributed by atoms with Gasteiger partial charge in [-0.05, 0) is 90.2 Å². The molecule has 2 saturated heterocycles. The van der Waals surface area contributed by atoms with Crippen LogP contribution >= 0.6 is 0 Å². The van der Waals surface area contributed by atoms with Gasteiger partial charge in [-0.3, -0.25) is 29.0 Å². The summed E-state index contributed by atoms with van der Waals surface area (Å²) in [6.45, 7) is 3.32. The quantitative estimate of drug-likeness (QED) is 0.640. The molecule has 0 aromatic heterocycles. The molecule has 176 valence electrons. The van der Waals surface area contributed by atoms with Crippen LogP contribution in [0.2, 0.25) is 0 Å². The number of imide groups is 2. The van der Waals surface area contributed by atoms with Crippen LogP contribution < -0.4 is 0 Å². The first-order chi connectivity index (χ1) is 16.4. The van der Waals surface area contributed by atoms with Crippen LogP contribution in [-0.4, -0.2) is 95.6 Å². The zero-order chi connectivity index (χ0) is 23.7. The first-order valence-electron chi connectivity index (χ1n) is 12.1. The Morgan fingerprint density at radius 2 is 0.794 bits per heavy atom. The van der Waals surface area contributed by atoms with Crippen LogP contribution in [-0.2, 0) is 0 Å². The van der Waals surface area contributed by atoms with Crippen molar-refractivity contribution in [1.29, 1.82) is 0 Å². The van der Waals surface area contributed by atoms with Crippen LogP contribution in [0.4, 0.5) is 0 Å². The number of carbonyl (C=O) groups is 4. The molecule has 2 fully saturated rings. The van der Waals surface area contributed by atoms with E-state index in [0.717, 1.165) is 51.9 Å². The fraction of sp³-hybridized carbons (Fsp3) is 0.462. The highest BCUT2D eigenvalue weighted by Crippen LogP contribution is 2.40. The molecule has 6 rings (SSSR count). The molecule has 0 radical (unpaired) electrons. The average molecular weight is 461 g/mol. The molecule has 8 heteroatoms. The van der Waals surface area contributed by atoms with Crippen LogP contribution in [0, 0.1) is 0 Å². The van der Waals surface area contributed by atoms with Gasteiger partial charge in [0.15, 0.2) is 0 Å². The van der Waals surface area contributed by atoms with Crippen molar-refractivity contribution in [2.24, 2.45) is 0 Å². The molecule has 0 unspecified atom stereocenters. The van der Waals surface area contributed by atoms with Crippen LogP contribution in [0.1, 0.15) is 67.1 Å². The lowest BCUT2D eigenvalue weighted by molar-refractivity contribution is 0.0450. The summed E-state index contributed by atoms with van der Waals surface area (Å²) >= 11 is 0. The maximum atomic E-state index is 13.5.